The Morgan fingerprint density at radius 3 is 3.11 bits per heavy atom. The maximum absolute atomic E-state index is 5.45. The third-order valence-electron chi connectivity index (χ3n) is 0.974. The SMILES string of the molecule is ClCC[CH]n1ccnc1. The molecule has 0 saturated heterocycles. The average molecular weight is 144 g/mol. The van der Waals surface area contributed by atoms with Crippen molar-refractivity contribution in [3.8, 4) is 0 Å². The maximum atomic E-state index is 5.45. The lowest BCUT2D eigenvalue weighted by molar-refractivity contribution is 0.877. The lowest BCUT2D eigenvalue weighted by Gasteiger charge is -1.94. The van der Waals surface area contributed by atoms with Crippen molar-refractivity contribution in [2.75, 3.05) is 5.88 Å². The molecule has 3 heteroatoms. The van der Waals surface area contributed by atoms with Gasteiger partial charge in [0.1, 0.15) is 0 Å². The van der Waals surface area contributed by atoms with Crippen LogP contribution in [0.25, 0.3) is 0 Å². The van der Waals surface area contributed by atoms with Crippen LogP contribution in [0.3, 0.4) is 0 Å². The maximum Gasteiger partial charge on any atom is 0.0949 e. The number of hydrogen-bond donors (Lipinski definition) is 0. The summed E-state index contributed by atoms with van der Waals surface area (Å²) in [5.74, 6) is 0.665. The Morgan fingerprint density at radius 2 is 2.56 bits per heavy atom. The summed E-state index contributed by atoms with van der Waals surface area (Å²) in [6, 6.07) is 0. The van der Waals surface area contributed by atoms with Crippen LogP contribution >= 0.6 is 11.6 Å². The Labute approximate surface area is 59.5 Å². The van der Waals surface area contributed by atoms with E-state index in [0.717, 1.165) is 6.42 Å². The van der Waals surface area contributed by atoms with Gasteiger partial charge < -0.3 is 4.57 Å². The third-order valence-corrected chi connectivity index (χ3v) is 1.19. The number of rotatable bonds is 3. The molecule has 0 aromatic carbocycles. The monoisotopic (exact) mass is 143 g/mol. The minimum absolute atomic E-state index is 0.665. The summed E-state index contributed by atoms with van der Waals surface area (Å²) >= 11 is 5.45. The van der Waals surface area contributed by atoms with Crippen LogP contribution in [-0.4, -0.2) is 15.4 Å². The smallest absolute Gasteiger partial charge is 0.0949 e. The minimum atomic E-state index is 0.665. The van der Waals surface area contributed by atoms with Crippen molar-refractivity contribution in [1.29, 1.82) is 0 Å². The molecular formula is C6H8ClN2. The molecule has 1 aromatic heterocycles. The predicted octanol–water partition coefficient (Wildman–Crippen LogP) is 1.52. The fraction of sp³-hybridized carbons (Fsp3) is 0.333. The van der Waals surface area contributed by atoms with E-state index in [1.54, 1.807) is 12.5 Å². The molecule has 0 fully saturated rings. The molecule has 49 valence electrons. The molecule has 0 atom stereocenters. The van der Waals surface area contributed by atoms with Crippen molar-refractivity contribution in [2.45, 2.75) is 6.42 Å². The van der Waals surface area contributed by atoms with Gasteiger partial charge in [-0.05, 0) is 6.42 Å². The summed E-state index contributed by atoms with van der Waals surface area (Å²) in [4.78, 5) is 3.86. The topological polar surface area (TPSA) is 17.8 Å². The molecule has 0 aliphatic heterocycles. The molecular weight excluding hydrogens is 136 g/mol. The summed E-state index contributed by atoms with van der Waals surface area (Å²) in [6.07, 6.45) is 6.25. The van der Waals surface area contributed by atoms with E-state index < -0.39 is 0 Å². The molecule has 0 unspecified atom stereocenters. The van der Waals surface area contributed by atoms with Gasteiger partial charge in [0.2, 0.25) is 0 Å². The Balaban J connectivity index is 2.30. The summed E-state index contributed by atoms with van der Waals surface area (Å²) in [5.41, 5.74) is 0. The van der Waals surface area contributed by atoms with Crippen molar-refractivity contribution in [1.82, 2.24) is 9.55 Å². The van der Waals surface area contributed by atoms with Gasteiger partial charge in [0, 0.05) is 18.3 Å². The number of imidazole rings is 1. The summed E-state index contributed by atoms with van der Waals surface area (Å²) in [6.45, 7) is 1.99. The fourth-order valence-electron chi connectivity index (χ4n) is 0.575. The Morgan fingerprint density at radius 1 is 1.67 bits per heavy atom. The number of hydrogen-bond acceptors (Lipinski definition) is 1. The summed E-state index contributed by atoms with van der Waals surface area (Å²) < 4.78 is 1.89. The van der Waals surface area contributed by atoms with Crippen molar-refractivity contribution in [3.05, 3.63) is 25.3 Å². The van der Waals surface area contributed by atoms with Gasteiger partial charge in [-0.2, -0.15) is 0 Å². The summed E-state index contributed by atoms with van der Waals surface area (Å²) in [5, 5.41) is 0. The number of halogens is 1. The fourth-order valence-corrected chi connectivity index (χ4v) is 0.673. The Kier molecular flexibility index (Phi) is 2.58. The first-order chi connectivity index (χ1) is 4.43. The van der Waals surface area contributed by atoms with Crippen LogP contribution < -0.4 is 0 Å². The van der Waals surface area contributed by atoms with Crippen LogP contribution in [0, 0.1) is 6.54 Å². The quantitative estimate of drug-likeness (QED) is 0.587. The van der Waals surface area contributed by atoms with E-state index in [1.807, 2.05) is 17.3 Å². The van der Waals surface area contributed by atoms with E-state index in [4.69, 9.17) is 11.6 Å². The van der Waals surface area contributed by atoms with Crippen LogP contribution in [0.15, 0.2) is 18.7 Å². The highest BCUT2D eigenvalue weighted by Gasteiger charge is 1.86. The first-order valence-corrected chi connectivity index (χ1v) is 3.33. The standard InChI is InChI=1S/C6H8ClN2/c7-2-1-4-9-5-3-8-6-9/h3-6H,1-2H2. The van der Waals surface area contributed by atoms with Crippen molar-refractivity contribution < 1.29 is 0 Å². The van der Waals surface area contributed by atoms with Crippen LogP contribution in [0.4, 0.5) is 0 Å². The summed E-state index contributed by atoms with van der Waals surface area (Å²) in [7, 11) is 0. The van der Waals surface area contributed by atoms with Crippen LogP contribution in [-0.2, 0) is 0 Å². The molecule has 1 radical (unpaired) electrons. The van der Waals surface area contributed by atoms with E-state index in [1.165, 1.54) is 0 Å². The second-order valence-electron chi connectivity index (χ2n) is 1.67. The van der Waals surface area contributed by atoms with E-state index >= 15 is 0 Å². The average Bonchev–Trinajstić information content (AvgIpc) is 2.34. The lowest BCUT2D eigenvalue weighted by Crippen LogP contribution is -1.90. The highest BCUT2D eigenvalue weighted by atomic mass is 35.5. The molecule has 0 spiro atoms. The highest BCUT2D eigenvalue weighted by Crippen LogP contribution is 1.93. The van der Waals surface area contributed by atoms with E-state index in [-0.39, 0.29) is 0 Å². The van der Waals surface area contributed by atoms with Crippen LogP contribution in [0.5, 0.6) is 0 Å². The van der Waals surface area contributed by atoms with Crippen molar-refractivity contribution in [3.63, 3.8) is 0 Å². The van der Waals surface area contributed by atoms with Gasteiger partial charge in [-0.25, -0.2) is 4.98 Å². The van der Waals surface area contributed by atoms with Crippen LogP contribution in [0.2, 0.25) is 0 Å². The van der Waals surface area contributed by atoms with E-state index in [2.05, 4.69) is 4.98 Å². The van der Waals surface area contributed by atoms with E-state index in [0.29, 0.717) is 5.88 Å². The molecule has 2 nitrogen and oxygen atoms in total. The molecule has 1 heterocycles. The molecule has 0 aliphatic carbocycles. The minimum Gasteiger partial charge on any atom is -0.332 e. The van der Waals surface area contributed by atoms with Gasteiger partial charge in [0.25, 0.3) is 0 Å². The second kappa shape index (κ2) is 3.51. The largest absolute Gasteiger partial charge is 0.332 e. The van der Waals surface area contributed by atoms with Gasteiger partial charge >= 0.3 is 0 Å². The number of aromatic nitrogens is 2. The van der Waals surface area contributed by atoms with Gasteiger partial charge in [-0.1, -0.05) is 0 Å². The highest BCUT2D eigenvalue weighted by molar-refractivity contribution is 6.17. The first kappa shape index (κ1) is 6.62. The zero-order chi connectivity index (χ0) is 6.53. The number of nitrogens with zero attached hydrogens (tertiary/aromatic N) is 2. The molecule has 0 N–H and O–H groups in total. The molecule has 0 aliphatic rings. The first-order valence-electron chi connectivity index (χ1n) is 2.80. The van der Waals surface area contributed by atoms with Crippen molar-refractivity contribution in [2.24, 2.45) is 0 Å². The molecule has 0 amide bonds. The van der Waals surface area contributed by atoms with Gasteiger partial charge in [0.15, 0.2) is 0 Å². The predicted molar refractivity (Wildman–Crippen MR) is 37.3 cm³/mol. The normalized spacial score (nSPS) is 9.89. The Bertz CT molecular complexity index is 148. The van der Waals surface area contributed by atoms with E-state index in [9.17, 15) is 0 Å². The molecule has 0 saturated carbocycles. The second-order valence-corrected chi connectivity index (χ2v) is 2.05. The Hall–Kier alpha value is -0.500. The zero-order valence-corrected chi connectivity index (χ0v) is 5.75. The van der Waals surface area contributed by atoms with Gasteiger partial charge in [0.05, 0.1) is 12.9 Å². The van der Waals surface area contributed by atoms with Crippen molar-refractivity contribution >= 4 is 11.6 Å². The van der Waals surface area contributed by atoms with Gasteiger partial charge in [-0.3, -0.25) is 0 Å². The molecule has 1 aromatic rings. The zero-order valence-electron chi connectivity index (χ0n) is 5.00. The number of alkyl halides is 1. The third kappa shape index (κ3) is 2.06. The van der Waals surface area contributed by atoms with Gasteiger partial charge in [-0.15, -0.1) is 11.6 Å². The molecule has 0 bridgehead atoms. The van der Waals surface area contributed by atoms with Crippen LogP contribution in [0.1, 0.15) is 6.42 Å². The lowest BCUT2D eigenvalue weighted by atomic mass is 10.5. The molecule has 9 heavy (non-hydrogen) atoms. The molecule has 1 rings (SSSR count).